The smallest absolute Gasteiger partial charge is 0.252 e. The molecule has 0 saturated carbocycles. The minimum Gasteiger partial charge on any atom is -0.340 e. The number of nitrogens with one attached hydrogen (secondary N) is 1. The number of hydrogen-bond donors (Lipinski definition) is 1. The Morgan fingerprint density at radius 1 is 1.24 bits per heavy atom. The third kappa shape index (κ3) is 4.75. The van der Waals surface area contributed by atoms with Crippen molar-refractivity contribution < 1.29 is 9.69 Å². The van der Waals surface area contributed by atoms with Crippen molar-refractivity contribution in [3.05, 3.63) is 52.7 Å². The van der Waals surface area contributed by atoms with Gasteiger partial charge in [0.1, 0.15) is 0 Å². The monoisotopic (exact) mass is 372 g/mol. The van der Waals surface area contributed by atoms with Crippen LogP contribution in [0.3, 0.4) is 0 Å². The fourth-order valence-corrected chi connectivity index (χ4v) is 4.11. The number of thiazole rings is 1. The Labute approximate surface area is 156 Å². The molecule has 0 bridgehead atoms. The third-order valence-corrected chi connectivity index (χ3v) is 5.67. The molecule has 1 aromatic carbocycles. The predicted molar refractivity (Wildman–Crippen MR) is 108 cm³/mol. The van der Waals surface area contributed by atoms with Gasteiger partial charge in [-0.15, -0.1) is 11.3 Å². The van der Waals surface area contributed by atoms with Crippen LogP contribution in [0.2, 0.25) is 0 Å². The molecule has 0 aliphatic heterocycles. The Kier molecular flexibility index (Phi) is 5.96. The first kappa shape index (κ1) is 17.8. The van der Waals surface area contributed by atoms with Gasteiger partial charge in [-0.25, -0.2) is 4.98 Å². The van der Waals surface area contributed by atoms with Gasteiger partial charge >= 0.3 is 0 Å². The van der Waals surface area contributed by atoms with E-state index in [1.807, 2.05) is 47.9 Å². The van der Waals surface area contributed by atoms with E-state index in [2.05, 4.69) is 19.1 Å². The standard InChI is InChI=1S/C19H21N3OS2/c1-21(2)12-6-13-22(18(23)11-10-15-7-5-14-24-15)19-20-16-8-3-4-9-17(16)25-19/h3-5,7-11,14H,6,12-13H2,1-2H3/p+1/b11-10+. The number of nitrogens with zero attached hydrogens (tertiary/aromatic N) is 2. The van der Waals surface area contributed by atoms with Crippen molar-refractivity contribution in [1.82, 2.24) is 4.98 Å². The van der Waals surface area contributed by atoms with E-state index in [9.17, 15) is 4.79 Å². The molecule has 6 heteroatoms. The molecule has 130 valence electrons. The second-order valence-corrected chi connectivity index (χ2v) is 8.10. The molecule has 0 spiro atoms. The van der Waals surface area contributed by atoms with Crippen LogP contribution in [-0.4, -0.2) is 38.1 Å². The zero-order chi connectivity index (χ0) is 17.6. The molecule has 0 radical (unpaired) electrons. The molecule has 0 aliphatic rings. The number of benzene rings is 1. The highest BCUT2D eigenvalue weighted by Crippen LogP contribution is 2.29. The van der Waals surface area contributed by atoms with E-state index in [0.717, 1.165) is 33.2 Å². The molecule has 3 rings (SSSR count). The summed E-state index contributed by atoms with van der Waals surface area (Å²) in [7, 11) is 4.25. The number of anilines is 1. The van der Waals surface area contributed by atoms with Gasteiger partial charge in [-0.2, -0.15) is 0 Å². The van der Waals surface area contributed by atoms with Crippen LogP contribution < -0.4 is 9.80 Å². The predicted octanol–water partition coefficient (Wildman–Crippen LogP) is 2.94. The summed E-state index contributed by atoms with van der Waals surface area (Å²) in [4.78, 5) is 21.7. The maximum Gasteiger partial charge on any atom is 0.252 e. The van der Waals surface area contributed by atoms with E-state index in [1.165, 1.54) is 4.90 Å². The van der Waals surface area contributed by atoms with E-state index in [0.29, 0.717) is 6.54 Å². The Balaban J connectivity index is 1.81. The molecule has 4 nitrogen and oxygen atoms in total. The molecule has 2 aromatic heterocycles. The normalized spacial score (nSPS) is 11.6. The highest BCUT2D eigenvalue weighted by molar-refractivity contribution is 7.22. The van der Waals surface area contributed by atoms with Gasteiger partial charge in [0.25, 0.3) is 5.91 Å². The number of amides is 1. The van der Waals surface area contributed by atoms with Crippen molar-refractivity contribution in [2.75, 3.05) is 32.1 Å². The van der Waals surface area contributed by atoms with Gasteiger partial charge in [-0.1, -0.05) is 29.5 Å². The largest absolute Gasteiger partial charge is 0.340 e. The zero-order valence-corrected chi connectivity index (χ0v) is 16.1. The summed E-state index contributed by atoms with van der Waals surface area (Å²) in [6, 6.07) is 12.0. The maximum absolute atomic E-state index is 12.8. The van der Waals surface area contributed by atoms with Crippen molar-refractivity contribution >= 4 is 50.0 Å². The number of thiophene rings is 1. The lowest BCUT2D eigenvalue weighted by Crippen LogP contribution is -3.05. The van der Waals surface area contributed by atoms with Gasteiger partial charge in [0.15, 0.2) is 5.13 Å². The van der Waals surface area contributed by atoms with E-state index in [-0.39, 0.29) is 5.91 Å². The van der Waals surface area contributed by atoms with Crippen LogP contribution in [0.15, 0.2) is 47.9 Å². The van der Waals surface area contributed by atoms with Crippen LogP contribution in [0.4, 0.5) is 5.13 Å². The molecule has 2 heterocycles. The summed E-state index contributed by atoms with van der Waals surface area (Å²) in [5.41, 5.74) is 0.945. The number of carbonyl (C=O) groups is 1. The Bertz CT molecular complexity index is 820. The Morgan fingerprint density at radius 2 is 2.08 bits per heavy atom. The number of fused-ring (bicyclic) bond motifs is 1. The molecule has 1 N–H and O–H groups in total. The van der Waals surface area contributed by atoms with Crippen molar-refractivity contribution in [2.24, 2.45) is 0 Å². The minimum atomic E-state index is -0.0128. The summed E-state index contributed by atoms with van der Waals surface area (Å²) in [5, 5.41) is 2.78. The minimum absolute atomic E-state index is 0.0128. The lowest BCUT2D eigenvalue weighted by Gasteiger charge is -2.18. The van der Waals surface area contributed by atoms with Gasteiger partial charge in [0.05, 0.1) is 30.9 Å². The van der Waals surface area contributed by atoms with Gasteiger partial charge in [-0.3, -0.25) is 9.69 Å². The molecular weight excluding hydrogens is 350 g/mol. The van der Waals surface area contributed by atoms with Crippen molar-refractivity contribution in [2.45, 2.75) is 6.42 Å². The quantitative estimate of drug-likeness (QED) is 0.648. The van der Waals surface area contributed by atoms with Crippen LogP contribution in [0.5, 0.6) is 0 Å². The number of hydrogen-bond acceptors (Lipinski definition) is 4. The van der Waals surface area contributed by atoms with Crippen molar-refractivity contribution in [1.29, 1.82) is 0 Å². The van der Waals surface area contributed by atoms with E-state index in [1.54, 1.807) is 33.6 Å². The van der Waals surface area contributed by atoms with Crippen LogP contribution in [0, 0.1) is 0 Å². The average molecular weight is 373 g/mol. The first-order chi connectivity index (χ1) is 12.1. The second kappa shape index (κ2) is 8.38. The number of quaternary nitrogens is 1. The van der Waals surface area contributed by atoms with Crippen LogP contribution in [0.1, 0.15) is 11.3 Å². The number of carbonyl (C=O) groups excluding carboxylic acids is 1. The fraction of sp³-hybridized carbons (Fsp3) is 0.263. The molecule has 25 heavy (non-hydrogen) atoms. The molecule has 0 saturated heterocycles. The van der Waals surface area contributed by atoms with E-state index < -0.39 is 0 Å². The molecule has 0 aliphatic carbocycles. The zero-order valence-electron chi connectivity index (χ0n) is 14.4. The Morgan fingerprint density at radius 3 is 2.80 bits per heavy atom. The van der Waals surface area contributed by atoms with Crippen LogP contribution in [0.25, 0.3) is 16.3 Å². The second-order valence-electron chi connectivity index (χ2n) is 6.11. The fourth-order valence-electron chi connectivity index (χ4n) is 2.50. The maximum atomic E-state index is 12.8. The lowest BCUT2D eigenvalue weighted by molar-refractivity contribution is -0.858. The van der Waals surface area contributed by atoms with Gasteiger partial charge in [0, 0.05) is 23.9 Å². The number of rotatable bonds is 7. The molecule has 1 amide bonds. The number of para-hydroxylation sites is 1. The van der Waals surface area contributed by atoms with Gasteiger partial charge < -0.3 is 4.90 Å². The highest BCUT2D eigenvalue weighted by atomic mass is 32.1. The molecular formula is C19H22N3OS2+. The van der Waals surface area contributed by atoms with Crippen molar-refractivity contribution in [3.8, 4) is 0 Å². The lowest BCUT2D eigenvalue weighted by atomic mass is 10.3. The molecule has 0 atom stereocenters. The van der Waals surface area contributed by atoms with Gasteiger partial charge in [0.2, 0.25) is 0 Å². The molecule has 0 unspecified atom stereocenters. The van der Waals surface area contributed by atoms with Crippen LogP contribution >= 0.6 is 22.7 Å². The Hall–Kier alpha value is -2.02. The summed E-state index contributed by atoms with van der Waals surface area (Å²) in [6.07, 6.45) is 4.47. The summed E-state index contributed by atoms with van der Waals surface area (Å²) in [6.45, 7) is 1.70. The summed E-state index contributed by atoms with van der Waals surface area (Å²) >= 11 is 3.20. The molecule has 0 fully saturated rings. The SMILES string of the molecule is C[NH+](C)CCCN(C(=O)/C=C/c1cccs1)c1nc2ccccc2s1. The van der Waals surface area contributed by atoms with E-state index >= 15 is 0 Å². The molecule has 3 aromatic rings. The topological polar surface area (TPSA) is 37.6 Å². The first-order valence-corrected chi connectivity index (χ1v) is 10.0. The van der Waals surface area contributed by atoms with Crippen LogP contribution in [-0.2, 0) is 4.79 Å². The van der Waals surface area contributed by atoms with E-state index in [4.69, 9.17) is 0 Å². The average Bonchev–Trinajstić information content (AvgIpc) is 3.25. The van der Waals surface area contributed by atoms with Crippen molar-refractivity contribution in [3.63, 3.8) is 0 Å². The summed E-state index contributed by atoms with van der Waals surface area (Å²) < 4.78 is 1.11. The first-order valence-electron chi connectivity index (χ1n) is 8.31. The highest BCUT2D eigenvalue weighted by Gasteiger charge is 2.18. The number of aromatic nitrogens is 1. The summed E-state index contributed by atoms with van der Waals surface area (Å²) in [5.74, 6) is -0.0128. The third-order valence-electron chi connectivity index (χ3n) is 3.77. The van der Waals surface area contributed by atoms with Gasteiger partial charge in [-0.05, 0) is 29.7 Å².